The molecular formula is C25H23N3O. The normalized spacial score (nSPS) is 13.1. The highest BCUT2D eigenvalue weighted by Crippen LogP contribution is 2.40. The van der Waals surface area contributed by atoms with Crippen molar-refractivity contribution >= 4 is 5.78 Å². The van der Waals surface area contributed by atoms with Crippen molar-refractivity contribution in [2.24, 2.45) is 0 Å². The van der Waals surface area contributed by atoms with E-state index in [1.165, 1.54) is 18.4 Å². The highest BCUT2D eigenvalue weighted by atomic mass is 16.1. The molecule has 0 amide bonds. The molecular weight excluding hydrogens is 358 g/mol. The van der Waals surface area contributed by atoms with Crippen molar-refractivity contribution in [3.63, 3.8) is 0 Å². The molecule has 4 nitrogen and oxygen atoms in total. The van der Waals surface area contributed by atoms with Gasteiger partial charge in [-0.1, -0.05) is 49.7 Å². The molecule has 2 aromatic carbocycles. The van der Waals surface area contributed by atoms with Crippen LogP contribution in [0.3, 0.4) is 0 Å². The van der Waals surface area contributed by atoms with E-state index in [9.17, 15) is 4.79 Å². The number of nitriles is 1. The van der Waals surface area contributed by atoms with Crippen molar-refractivity contribution in [1.29, 1.82) is 5.26 Å². The molecule has 29 heavy (non-hydrogen) atoms. The van der Waals surface area contributed by atoms with Crippen molar-refractivity contribution < 1.29 is 4.79 Å². The molecule has 0 N–H and O–H groups in total. The molecule has 144 valence electrons. The summed E-state index contributed by atoms with van der Waals surface area (Å²) in [5, 5.41) is 8.83. The summed E-state index contributed by atoms with van der Waals surface area (Å²) >= 11 is 0. The lowest BCUT2D eigenvalue weighted by Gasteiger charge is -2.11. The van der Waals surface area contributed by atoms with Crippen LogP contribution in [0.25, 0.3) is 22.5 Å². The van der Waals surface area contributed by atoms with Crippen LogP contribution in [-0.2, 0) is 6.42 Å². The van der Waals surface area contributed by atoms with Gasteiger partial charge >= 0.3 is 0 Å². The van der Waals surface area contributed by atoms with Gasteiger partial charge in [0.1, 0.15) is 6.07 Å². The minimum Gasteiger partial charge on any atom is -0.277 e. The molecule has 3 aromatic rings. The Morgan fingerprint density at radius 3 is 2.31 bits per heavy atom. The Hall–Kier alpha value is -3.32. The van der Waals surface area contributed by atoms with Crippen LogP contribution in [0, 0.1) is 11.3 Å². The summed E-state index contributed by atoms with van der Waals surface area (Å²) in [5.74, 6) is 0.187. The first-order chi connectivity index (χ1) is 14.2. The summed E-state index contributed by atoms with van der Waals surface area (Å²) < 4.78 is 0. The molecule has 0 spiro atoms. The first-order valence-electron chi connectivity index (χ1n) is 10.2. The lowest BCUT2D eigenvalue weighted by atomic mass is 10.00. The molecule has 0 radical (unpaired) electrons. The van der Waals surface area contributed by atoms with Gasteiger partial charge in [-0.15, -0.1) is 0 Å². The number of carbonyl (C=O) groups is 1. The van der Waals surface area contributed by atoms with E-state index >= 15 is 0 Å². The maximum absolute atomic E-state index is 11.6. The lowest BCUT2D eigenvalue weighted by Crippen LogP contribution is -2.00. The van der Waals surface area contributed by atoms with Crippen molar-refractivity contribution in [3.8, 4) is 28.6 Å². The summed E-state index contributed by atoms with van der Waals surface area (Å²) in [5.41, 5.74) is 6.34. The monoisotopic (exact) mass is 381 g/mol. The smallest absolute Gasteiger partial charge is 0.262 e. The number of unbranched alkanes of at least 4 members (excludes halogenated alkanes) is 1. The summed E-state index contributed by atoms with van der Waals surface area (Å²) in [6.07, 6.45) is 7.50. The van der Waals surface area contributed by atoms with Gasteiger partial charge in [0.25, 0.3) is 5.78 Å². The average Bonchev–Trinajstić information content (AvgIpc) is 3.63. The van der Waals surface area contributed by atoms with Crippen LogP contribution in [-0.4, -0.2) is 15.8 Å². The number of carbonyl (C=O) groups excluding carboxylic acids is 1. The van der Waals surface area contributed by atoms with Crippen LogP contribution < -0.4 is 0 Å². The quantitative estimate of drug-likeness (QED) is 0.387. The summed E-state index contributed by atoms with van der Waals surface area (Å²) in [7, 11) is 0. The number of hydrogen-bond acceptors (Lipinski definition) is 4. The number of Topliss-reactive ketones (excluding diaryl/α,β-unsaturated/α-hetero) is 1. The zero-order valence-electron chi connectivity index (χ0n) is 16.6. The molecule has 4 rings (SSSR count). The Balaban J connectivity index is 1.74. The molecule has 4 heteroatoms. The maximum atomic E-state index is 11.6. The minimum atomic E-state index is -0.532. The molecule has 1 fully saturated rings. The predicted octanol–water partition coefficient (Wildman–Crippen LogP) is 5.74. The van der Waals surface area contributed by atoms with E-state index in [0.29, 0.717) is 5.56 Å². The third-order valence-corrected chi connectivity index (χ3v) is 5.36. The lowest BCUT2D eigenvalue weighted by molar-refractivity contribution is 0.105. The molecule has 0 atom stereocenters. The van der Waals surface area contributed by atoms with Crippen LogP contribution in [0.1, 0.15) is 60.1 Å². The Bertz CT molecular complexity index is 1060. The Morgan fingerprint density at radius 1 is 1.03 bits per heavy atom. The largest absolute Gasteiger partial charge is 0.277 e. The number of hydrogen-bond donors (Lipinski definition) is 0. The highest BCUT2D eigenvalue weighted by Gasteiger charge is 2.23. The number of nitrogens with zero attached hydrogens (tertiary/aromatic N) is 3. The maximum Gasteiger partial charge on any atom is 0.262 e. The molecule has 0 unspecified atom stereocenters. The van der Waals surface area contributed by atoms with Crippen molar-refractivity contribution in [2.75, 3.05) is 0 Å². The zero-order valence-corrected chi connectivity index (χ0v) is 16.6. The van der Waals surface area contributed by atoms with Crippen molar-refractivity contribution in [1.82, 2.24) is 9.97 Å². The highest BCUT2D eigenvalue weighted by molar-refractivity contribution is 6.07. The van der Waals surface area contributed by atoms with Gasteiger partial charge in [0.2, 0.25) is 0 Å². The number of rotatable bonds is 7. The average molecular weight is 381 g/mol. The standard InChI is InChI=1S/C25H23N3O/c1-2-3-4-22-16-27-24(20-11-7-18(8-12-20)17-5-6-17)25(28-22)21-13-9-19(10-14-21)23(29)15-26/h7-14,16-17H,2-6H2,1H3. The molecule has 1 heterocycles. The van der Waals surface area contributed by atoms with Gasteiger partial charge in [-0.25, -0.2) is 4.98 Å². The third kappa shape index (κ3) is 4.25. The predicted molar refractivity (Wildman–Crippen MR) is 113 cm³/mol. The van der Waals surface area contributed by atoms with Crippen LogP contribution in [0.15, 0.2) is 54.7 Å². The van der Waals surface area contributed by atoms with E-state index in [0.717, 1.165) is 53.4 Å². The SMILES string of the molecule is CCCCc1cnc(-c2ccc(C3CC3)cc2)c(-c2ccc(C(=O)C#N)cc2)n1. The Labute approximate surface area is 171 Å². The zero-order chi connectivity index (χ0) is 20.2. The Kier molecular flexibility index (Phi) is 5.48. The molecule has 0 bridgehead atoms. The molecule has 1 aliphatic carbocycles. The van der Waals surface area contributed by atoms with Gasteiger partial charge in [0, 0.05) is 22.9 Å². The van der Waals surface area contributed by atoms with Gasteiger partial charge in [0.15, 0.2) is 0 Å². The fourth-order valence-corrected chi connectivity index (χ4v) is 3.49. The number of aryl methyl sites for hydroxylation is 1. The number of ketones is 1. The van der Waals surface area contributed by atoms with Gasteiger partial charge in [-0.2, -0.15) is 5.26 Å². The van der Waals surface area contributed by atoms with E-state index in [1.807, 2.05) is 18.3 Å². The topological polar surface area (TPSA) is 66.6 Å². The van der Waals surface area contributed by atoms with Gasteiger partial charge in [-0.05, 0) is 49.3 Å². The molecule has 1 aromatic heterocycles. The molecule has 1 saturated carbocycles. The summed E-state index contributed by atoms with van der Waals surface area (Å²) in [6, 6.07) is 17.4. The van der Waals surface area contributed by atoms with E-state index in [1.54, 1.807) is 18.2 Å². The van der Waals surface area contributed by atoms with Crippen LogP contribution in [0.2, 0.25) is 0 Å². The molecule has 0 aliphatic heterocycles. The van der Waals surface area contributed by atoms with Crippen LogP contribution in [0.4, 0.5) is 0 Å². The fourth-order valence-electron chi connectivity index (χ4n) is 3.49. The first-order valence-corrected chi connectivity index (χ1v) is 10.2. The van der Waals surface area contributed by atoms with E-state index < -0.39 is 5.78 Å². The summed E-state index contributed by atoms with van der Waals surface area (Å²) in [4.78, 5) is 21.3. The summed E-state index contributed by atoms with van der Waals surface area (Å²) in [6.45, 7) is 2.16. The third-order valence-electron chi connectivity index (χ3n) is 5.36. The van der Waals surface area contributed by atoms with Crippen LogP contribution >= 0.6 is 0 Å². The molecule has 1 aliphatic rings. The first kappa shape index (κ1) is 19.0. The van der Waals surface area contributed by atoms with Gasteiger partial charge in [-0.3, -0.25) is 9.78 Å². The fraction of sp³-hybridized carbons (Fsp3) is 0.280. The second-order valence-electron chi connectivity index (χ2n) is 7.58. The van der Waals surface area contributed by atoms with Crippen molar-refractivity contribution in [3.05, 3.63) is 71.5 Å². The van der Waals surface area contributed by atoms with Gasteiger partial charge < -0.3 is 0 Å². The van der Waals surface area contributed by atoms with E-state index in [-0.39, 0.29) is 0 Å². The molecule has 0 saturated heterocycles. The minimum absolute atomic E-state index is 0.390. The van der Waals surface area contributed by atoms with E-state index in [4.69, 9.17) is 15.2 Å². The number of aromatic nitrogens is 2. The van der Waals surface area contributed by atoms with Crippen molar-refractivity contribution in [2.45, 2.75) is 44.9 Å². The van der Waals surface area contributed by atoms with Crippen LogP contribution in [0.5, 0.6) is 0 Å². The second kappa shape index (κ2) is 8.36. The van der Waals surface area contributed by atoms with Gasteiger partial charge in [0.05, 0.1) is 17.1 Å². The van der Waals surface area contributed by atoms with E-state index in [2.05, 4.69) is 31.2 Å². The number of benzene rings is 2. The Morgan fingerprint density at radius 2 is 1.69 bits per heavy atom. The second-order valence-corrected chi connectivity index (χ2v) is 7.58.